The zero-order chi connectivity index (χ0) is 10.2. The normalized spacial score (nSPS) is 11.8. The summed E-state index contributed by atoms with van der Waals surface area (Å²) in [5.41, 5.74) is 0.655. The van der Waals surface area contributed by atoms with Crippen molar-refractivity contribution in [3.8, 4) is 0 Å². The van der Waals surface area contributed by atoms with Crippen LogP contribution in [0.25, 0.3) is 0 Å². The van der Waals surface area contributed by atoms with Gasteiger partial charge in [0.25, 0.3) is 5.56 Å². The molecule has 0 aliphatic heterocycles. The summed E-state index contributed by atoms with van der Waals surface area (Å²) in [6.45, 7) is 6.08. The minimum Gasteiger partial charge on any atom is -0.301 e. The van der Waals surface area contributed by atoms with E-state index in [9.17, 15) is 4.79 Å². The highest BCUT2D eigenvalue weighted by Gasteiger charge is 2.20. The first-order valence-electron chi connectivity index (χ1n) is 4.05. The lowest BCUT2D eigenvalue weighted by Gasteiger charge is -2.18. The summed E-state index contributed by atoms with van der Waals surface area (Å²) in [6, 6.07) is 0. The minimum absolute atomic E-state index is 0.0417. The largest absolute Gasteiger partial charge is 0.301 e. The number of rotatable bonds is 0. The van der Waals surface area contributed by atoms with E-state index in [1.54, 1.807) is 13.4 Å². The van der Waals surface area contributed by atoms with E-state index >= 15 is 0 Å². The molecule has 0 atom stereocenters. The average molecular weight is 245 g/mol. The lowest BCUT2D eigenvalue weighted by Crippen LogP contribution is -2.25. The van der Waals surface area contributed by atoms with Crippen LogP contribution in [-0.2, 0) is 12.5 Å². The van der Waals surface area contributed by atoms with Crippen LogP contribution < -0.4 is 5.56 Å². The number of aromatic nitrogens is 2. The Morgan fingerprint density at radius 2 is 2.00 bits per heavy atom. The summed E-state index contributed by atoms with van der Waals surface area (Å²) in [5.74, 6) is 0. The fourth-order valence-corrected chi connectivity index (χ4v) is 2.01. The van der Waals surface area contributed by atoms with Crippen LogP contribution in [0.15, 0.2) is 15.6 Å². The molecule has 13 heavy (non-hydrogen) atoms. The molecule has 0 saturated heterocycles. The third kappa shape index (κ3) is 1.99. The third-order valence-corrected chi connectivity index (χ3v) is 2.50. The highest BCUT2D eigenvalue weighted by Crippen LogP contribution is 2.24. The van der Waals surface area contributed by atoms with Crippen molar-refractivity contribution in [3.05, 3.63) is 26.8 Å². The van der Waals surface area contributed by atoms with Crippen LogP contribution >= 0.6 is 15.9 Å². The van der Waals surface area contributed by atoms with Crippen molar-refractivity contribution in [2.24, 2.45) is 7.05 Å². The van der Waals surface area contributed by atoms with Crippen LogP contribution in [0.5, 0.6) is 0 Å². The molecule has 0 aromatic carbocycles. The van der Waals surface area contributed by atoms with Crippen molar-refractivity contribution in [2.45, 2.75) is 26.2 Å². The molecule has 0 aliphatic carbocycles. The maximum Gasteiger partial charge on any atom is 0.267 e. The lowest BCUT2D eigenvalue weighted by atomic mass is 9.92. The summed E-state index contributed by atoms with van der Waals surface area (Å²) >= 11 is 3.27. The smallest absolute Gasteiger partial charge is 0.267 e. The lowest BCUT2D eigenvalue weighted by molar-refractivity contribution is 0.555. The minimum atomic E-state index is -0.105. The van der Waals surface area contributed by atoms with Crippen LogP contribution in [0, 0.1) is 0 Å². The van der Waals surface area contributed by atoms with Gasteiger partial charge in [0.1, 0.15) is 4.47 Å². The Morgan fingerprint density at radius 1 is 1.46 bits per heavy atom. The van der Waals surface area contributed by atoms with Crippen LogP contribution in [0.1, 0.15) is 26.5 Å². The first-order chi connectivity index (χ1) is 5.84. The monoisotopic (exact) mass is 244 g/mol. The van der Waals surface area contributed by atoms with Gasteiger partial charge in [-0.15, -0.1) is 0 Å². The molecule has 3 nitrogen and oxygen atoms in total. The Hall–Kier alpha value is -0.640. The standard InChI is InChI=1S/C9H13BrN2O/c1-9(2,3)7-6(10)8(13)12(4)5-11-7/h5H,1-4H3. The van der Waals surface area contributed by atoms with Crippen molar-refractivity contribution in [1.29, 1.82) is 0 Å². The predicted octanol–water partition coefficient (Wildman–Crippen LogP) is 1.84. The maximum atomic E-state index is 11.5. The van der Waals surface area contributed by atoms with Gasteiger partial charge < -0.3 is 4.57 Å². The Labute approximate surface area is 85.9 Å². The molecule has 0 amide bonds. The highest BCUT2D eigenvalue weighted by atomic mass is 79.9. The van der Waals surface area contributed by atoms with Crippen LogP contribution in [0.3, 0.4) is 0 Å². The SMILES string of the molecule is Cn1cnc(C(C)(C)C)c(Br)c1=O. The second-order valence-corrected chi connectivity index (χ2v) is 4.87. The van der Waals surface area contributed by atoms with Crippen molar-refractivity contribution in [3.63, 3.8) is 0 Å². The van der Waals surface area contributed by atoms with Gasteiger partial charge >= 0.3 is 0 Å². The Balaban J connectivity index is 3.44. The van der Waals surface area contributed by atoms with Gasteiger partial charge in [0.15, 0.2) is 0 Å². The van der Waals surface area contributed by atoms with Gasteiger partial charge in [-0.1, -0.05) is 20.8 Å². The number of halogens is 1. The van der Waals surface area contributed by atoms with Crippen LogP contribution in [0.2, 0.25) is 0 Å². The van der Waals surface area contributed by atoms with Crippen molar-refractivity contribution in [1.82, 2.24) is 9.55 Å². The molecule has 0 unspecified atom stereocenters. The molecular formula is C9H13BrN2O. The van der Waals surface area contributed by atoms with E-state index in [4.69, 9.17) is 0 Å². The molecular weight excluding hydrogens is 232 g/mol. The molecule has 0 aliphatic rings. The summed E-state index contributed by atoms with van der Waals surface area (Å²) in [5, 5.41) is 0. The fraction of sp³-hybridized carbons (Fsp3) is 0.556. The van der Waals surface area contributed by atoms with Gasteiger partial charge in [0, 0.05) is 12.5 Å². The van der Waals surface area contributed by atoms with Gasteiger partial charge in [-0.3, -0.25) is 4.79 Å². The zero-order valence-corrected chi connectivity index (χ0v) is 9.84. The summed E-state index contributed by atoms with van der Waals surface area (Å²) < 4.78 is 2.02. The second kappa shape index (κ2) is 3.25. The summed E-state index contributed by atoms with van der Waals surface area (Å²) in [6.07, 6.45) is 1.55. The fourth-order valence-electron chi connectivity index (χ4n) is 1.03. The second-order valence-electron chi connectivity index (χ2n) is 4.07. The Kier molecular flexibility index (Phi) is 2.61. The Morgan fingerprint density at radius 3 is 2.46 bits per heavy atom. The quantitative estimate of drug-likeness (QED) is 0.699. The van der Waals surface area contributed by atoms with Gasteiger partial charge in [0.05, 0.1) is 12.0 Å². The summed E-state index contributed by atoms with van der Waals surface area (Å²) in [7, 11) is 1.69. The molecule has 1 rings (SSSR count). The number of aryl methyl sites for hydroxylation is 1. The van der Waals surface area contributed by atoms with Crippen LogP contribution in [-0.4, -0.2) is 9.55 Å². The number of hydrogen-bond donors (Lipinski definition) is 0. The van der Waals surface area contributed by atoms with E-state index in [2.05, 4.69) is 20.9 Å². The first-order valence-corrected chi connectivity index (χ1v) is 4.85. The van der Waals surface area contributed by atoms with Crippen molar-refractivity contribution < 1.29 is 0 Å². The zero-order valence-electron chi connectivity index (χ0n) is 8.26. The predicted molar refractivity (Wildman–Crippen MR) is 55.9 cm³/mol. The van der Waals surface area contributed by atoms with E-state index in [0.717, 1.165) is 5.69 Å². The van der Waals surface area contributed by atoms with E-state index in [1.807, 2.05) is 20.8 Å². The van der Waals surface area contributed by atoms with Gasteiger partial charge in [-0.05, 0) is 15.9 Å². The van der Waals surface area contributed by atoms with E-state index < -0.39 is 0 Å². The van der Waals surface area contributed by atoms with E-state index in [0.29, 0.717) is 4.47 Å². The topological polar surface area (TPSA) is 34.9 Å². The molecule has 0 saturated carbocycles. The van der Waals surface area contributed by atoms with Crippen molar-refractivity contribution in [2.75, 3.05) is 0 Å². The number of nitrogens with zero attached hydrogens (tertiary/aromatic N) is 2. The Bertz CT molecular complexity index is 376. The molecule has 0 radical (unpaired) electrons. The van der Waals surface area contributed by atoms with E-state index in [-0.39, 0.29) is 11.0 Å². The molecule has 0 spiro atoms. The molecule has 1 aromatic rings. The molecule has 0 bridgehead atoms. The number of hydrogen-bond acceptors (Lipinski definition) is 2. The summed E-state index contributed by atoms with van der Waals surface area (Å²) in [4.78, 5) is 15.7. The average Bonchev–Trinajstić information content (AvgIpc) is 1.98. The highest BCUT2D eigenvalue weighted by molar-refractivity contribution is 9.10. The molecule has 1 heterocycles. The van der Waals surface area contributed by atoms with Crippen molar-refractivity contribution >= 4 is 15.9 Å². The molecule has 0 N–H and O–H groups in total. The molecule has 72 valence electrons. The van der Waals surface area contributed by atoms with Gasteiger partial charge in [-0.2, -0.15) is 0 Å². The third-order valence-electron chi connectivity index (χ3n) is 1.79. The molecule has 4 heteroatoms. The molecule has 0 fully saturated rings. The van der Waals surface area contributed by atoms with Gasteiger partial charge in [-0.25, -0.2) is 4.98 Å². The van der Waals surface area contributed by atoms with Gasteiger partial charge in [0.2, 0.25) is 0 Å². The molecule has 1 aromatic heterocycles. The van der Waals surface area contributed by atoms with E-state index in [1.165, 1.54) is 4.57 Å². The van der Waals surface area contributed by atoms with Crippen LogP contribution in [0.4, 0.5) is 0 Å². The maximum absolute atomic E-state index is 11.5. The first kappa shape index (κ1) is 10.4.